The molecule has 1 amide bonds. The predicted octanol–water partition coefficient (Wildman–Crippen LogP) is 4.17. The summed E-state index contributed by atoms with van der Waals surface area (Å²) in [7, 11) is 1.32. The van der Waals surface area contributed by atoms with Crippen molar-refractivity contribution in [1.82, 2.24) is 4.90 Å². The van der Waals surface area contributed by atoms with Gasteiger partial charge >= 0.3 is 5.97 Å². The van der Waals surface area contributed by atoms with Crippen LogP contribution in [0.15, 0.2) is 42.5 Å². The fourth-order valence-corrected chi connectivity index (χ4v) is 4.68. The van der Waals surface area contributed by atoms with Crippen molar-refractivity contribution < 1.29 is 19.1 Å². The number of hydrogen-bond acceptors (Lipinski definition) is 5. The van der Waals surface area contributed by atoms with Crippen LogP contribution in [0.1, 0.15) is 18.4 Å². The molecule has 2 aliphatic rings. The summed E-state index contributed by atoms with van der Waals surface area (Å²) in [6.07, 6.45) is 0.872. The molecule has 1 saturated heterocycles. The van der Waals surface area contributed by atoms with E-state index in [2.05, 4.69) is 4.90 Å². The Hall–Kier alpha value is -2.28. The smallest absolute Gasteiger partial charge is 0.348 e. The number of anilines is 1. The highest BCUT2D eigenvalue weighted by Crippen LogP contribution is 2.35. The normalized spacial score (nSPS) is 21.2. The number of hydrogen-bond donors (Lipinski definition) is 0. The average molecular weight is 463 g/mol. The first kappa shape index (κ1) is 21.9. The number of halogens is 2. The van der Waals surface area contributed by atoms with E-state index >= 15 is 0 Å². The average Bonchev–Trinajstić information content (AvgIpc) is 2.79. The molecule has 0 aromatic heterocycles. The van der Waals surface area contributed by atoms with Gasteiger partial charge in [-0.1, -0.05) is 41.4 Å². The number of ether oxygens (including phenoxy) is 2. The first-order valence-electron chi connectivity index (χ1n) is 10.3. The molecule has 31 heavy (non-hydrogen) atoms. The molecule has 1 fully saturated rings. The van der Waals surface area contributed by atoms with Crippen molar-refractivity contribution in [3.8, 4) is 5.75 Å². The fourth-order valence-electron chi connectivity index (χ4n) is 4.21. The second-order valence-electron chi connectivity index (χ2n) is 7.86. The molecule has 0 spiro atoms. The van der Waals surface area contributed by atoms with Gasteiger partial charge in [-0.2, -0.15) is 0 Å². The highest BCUT2D eigenvalue weighted by molar-refractivity contribution is 6.35. The molecule has 0 saturated carbocycles. The molecule has 0 aliphatic carbocycles. The minimum atomic E-state index is -0.837. The van der Waals surface area contributed by atoms with Crippen molar-refractivity contribution in [3.63, 3.8) is 0 Å². The Kier molecular flexibility index (Phi) is 6.70. The van der Waals surface area contributed by atoms with E-state index in [9.17, 15) is 9.59 Å². The molecule has 2 aliphatic heterocycles. The van der Waals surface area contributed by atoms with Crippen molar-refractivity contribution in [2.24, 2.45) is 5.92 Å². The van der Waals surface area contributed by atoms with Crippen LogP contribution in [0.4, 0.5) is 5.69 Å². The van der Waals surface area contributed by atoms with Crippen LogP contribution in [-0.2, 0) is 20.9 Å². The number of carbonyl (C=O) groups is 2. The van der Waals surface area contributed by atoms with Crippen molar-refractivity contribution in [2.75, 3.05) is 31.6 Å². The van der Waals surface area contributed by atoms with E-state index in [4.69, 9.17) is 32.7 Å². The Bertz CT molecular complexity index is 984. The maximum atomic E-state index is 13.5. The summed E-state index contributed by atoms with van der Waals surface area (Å²) in [5.41, 5.74) is 1.67. The molecule has 2 heterocycles. The van der Waals surface area contributed by atoms with Crippen LogP contribution in [0.25, 0.3) is 0 Å². The standard InChI is InChI=1S/C23H24Cl2N2O4/c1-30-23(29)21-14-27(19-6-2-3-7-20(19)31-21)22(28)16-5-4-10-26(13-16)12-15-8-9-17(24)11-18(15)25/h2-3,6-9,11,16,21H,4-5,10,12-14H2,1H3/t16-,21-/m1/s1. The first-order valence-corrected chi connectivity index (χ1v) is 11.0. The Balaban J connectivity index is 1.50. The highest BCUT2D eigenvalue weighted by Gasteiger charge is 2.38. The van der Waals surface area contributed by atoms with Crippen LogP contribution in [0, 0.1) is 5.92 Å². The molecular formula is C23H24Cl2N2O4. The summed E-state index contributed by atoms with van der Waals surface area (Å²) >= 11 is 12.3. The van der Waals surface area contributed by atoms with E-state index < -0.39 is 12.1 Å². The van der Waals surface area contributed by atoms with Crippen LogP contribution in [0.3, 0.4) is 0 Å². The van der Waals surface area contributed by atoms with E-state index in [1.807, 2.05) is 30.3 Å². The zero-order chi connectivity index (χ0) is 22.0. The summed E-state index contributed by atoms with van der Waals surface area (Å²) in [6, 6.07) is 12.8. The molecule has 0 unspecified atom stereocenters. The summed E-state index contributed by atoms with van der Waals surface area (Å²) in [5, 5.41) is 1.23. The van der Waals surface area contributed by atoms with Gasteiger partial charge in [-0.15, -0.1) is 0 Å². The van der Waals surface area contributed by atoms with Crippen LogP contribution in [0.5, 0.6) is 5.75 Å². The molecule has 164 valence electrons. The number of likely N-dealkylation sites (tertiary alicyclic amines) is 1. The Morgan fingerprint density at radius 3 is 2.74 bits per heavy atom. The second kappa shape index (κ2) is 9.47. The Labute approximate surface area is 191 Å². The lowest BCUT2D eigenvalue weighted by molar-refractivity contribution is -0.148. The molecule has 2 atom stereocenters. The topological polar surface area (TPSA) is 59.1 Å². The van der Waals surface area contributed by atoms with E-state index in [1.165, 1.54) is 7.11 Å². The van der Waals surface area contributed by atoms with E-state index in [1.54, 1.807) is 17.0 Å². The van der Waals surface area contributed by atoms with Gasteiger partial charge in [0.1, 0.15) is 5.75 Å². The van der Waals surface area contributed by atoms with Crippen LogP contribution in [0.2, 0.25) is 10.0 Å². The largest absolute Gasteiger partial charge is 0.475 e. The van der Waals surface area contributed by atoms with Gasteiger partial charge in [-0.05, 0) is 49.2 Å². The zero-order valence-electron chi connectivity index (χ0n) is 17.2. The number of amides is 1. The van der Waals surface area contributed by atoms with Crippen molar-refractivity contribution in [3.05, 3.63) is 58.1 Å². The maximum absolute atomic E-state index is 13.5. The molecule has 0 bridgehead atoms. The lowest BCUT2D eigenvalue weighted by atomic mass is 9.95. The van der Waals surface area contributed by atoms with Gasteiger partial charge < -0.3 is 14.4 Å². The molecule has 0 N–H and O–H groups in total. The number of carbonyl (C=O) groups excluding carboxylic acids is 2. The predicted molar refractivity (Wildman–Crippen MR) is 120 cm³/mol. The van der Waals surface area contributed by atoms with E-state index in [-0.39, 0.29) is 18.4 Å². The van der Waals surface area contributed by atoms with Gasteiger partial charge in [0.15, 0.2) is 0 Å². The number of rotatable bonds is 4. The van der Waals surface area contributed by atoms with Crippen molar-refractivity contribution in [2.45, 2.75) is 25.5 Å². The number of nitrogens with zero attached hydrogens (tertiary/aromatic N) is 2. The summed E-state index contributed by atoms with van der Waals surface area (Å²) in [6.45, 7) is 2.32. The Morgan fingerprint density at radius 1 is 1.16 bits per heavy atom. The monoisotopic (exact) mass is 462 g/mol. The first-order chi connectivity index (χ1) is 15.0. The van der Waals surface area contributed by atoms with Gasteiger partial charge in [0, 0.05) is 23.1 Å². The van der Waals surface area contributed by atoms with E-state index in [0.717, 1.165) is 24.9 Å². The minimum Gasteiger partial charge on any atom is -0.475 e. The molecule has 2 aromatic carbocycles. The molecule has 2 aromatic rings. The fraction of sp³-hybridized carbons (Fsp3) is 0.391. The molecule has 4 rings (SSSR count). The number of esters is 1. The van der Waals surface area contributed by atoms with Gasteiger partial charge in [0.25, 0.3) is 0 Å². The summed E-state index contributed by atoms with van der Waals surface area (Å²) < 4.78 is 10.6. The van der Waals surface area contributed by atoms with Gasteiger partial charge in [-0.25, -0.2) is 4.79 Å². The van der Waals surface area contributed by atoms with Gasteiger partial charge in [-0.3, -0.25) is 9.69 Å². The van der Waals surface area contributed by atoms with E-state index in [0.29, 0.717) is 34.6 Å². The number of methoxy groups -OCH3 is 1. The summed E-state index contributed by atoms with van der Waals surface area (Å²) in [4.78, 5) is 29.6. The lowest BCUT2D eigenvalue weighted by Gasteiger charge is -2.38. The number of benzene rings is 2. The zero-order valence-corrected chi connectivity index (χ0v) is 18.7. The van der Waals surface area contributed by atoms with Crippen LogP contribution < -0.4 is 9.64 Å². The van der Waals surface area contributed by atoms with Crippen molar-refractivity contribution in [1.29, 1.82) is 0 Å². The van der Waals surface area contributed by atoms with Gasteiger partial charge in [0.2, 0.25) is 12.0 Å². The maximum Gasteiger partial charge on any atom is 0.348 e. The molecule has 6 nitrogen and oxygen atoms in total. The quantitative estimate of drug-likeness (QED) is 0.638. The third-order valence-corrected chi connectivity index (χ3v) is 6.35. The van der Waals surface area contributed by atoms with Crippen LogP contribution >= 0.6 is 23.2 Å². The second-order valence-corrected chi connectivity index (χ2v) is 8.70. The third-order valence-electron chi connectivity index (χ3n) is 5.77. The third kappa shape index (κ3) is 4.81. The number of para-hydroxylation sites is 2. The molecular weight excluding hydrogens is 439 g/mol. The Morgan fingerprint density at radius 2 is 1.97 bits per heavy atom. The van der Waals surface area contributed by atoms with Crippen molar-refractivity contribution >= 4 is 40.8 Å². The van der Waals surface area contributed by atoms with Crippen LogP contribution in [-0.4, -0.2) is 49.6 Å². The number of fused-ring (bicyclic) bond motifs is 1. The SMILES string of the molecule is COC(=O)[C@H]1CN(C(=O)[C@@H]2CCCN(Cc3ccc(Cl)cc3Cl)C2)c2ccccc2O1. The lowest BCUT2D eigenvalue weighted by Crippen LogP contribution is -2.51. The minimum absolute atomic E-state index is 0.00319. The highest BCUT2D eigenvalue weighted by atomic mass is 35.5. The molecule has 0 radical (unpaired) electrons. The number of piperidine rings is 1. The summed E-state index contributed by atoms with van der Waals surface area (Å²) in [5.74, 6) is -0.158. The molecule has 8 heteroatoms. The van der Waals surface area contributed by atoms with Gasteiger partial charge in [0.05, 0.1) is 25.3 Å².